The van der Waals surface area contributed by atoms with Crippen LogP contribution in [-0.2, 0) is 11.6 Å². The second kappa shape index (κ2) is 6.40. The van der Waals surface area contributed by atoms with Crippen molar-refractivity contribution in [2.75, 3.05) is 0 Å². The minimum absolute atomic E-state index is 0.103. The highest BCUT2D eigenvalue weighted by atomic mass is 79.9. The lowest BCUT2D eigenvalue weighted by atomic mass is 9.94. The average Bonchev–Trinajstić information content (AvgIpc) is 2.89. The normalized spacial score (nSPS) is 21.5. The maximum absolute atomic E-state index is 12.9. The van der Waals surface area contributed by atoms with Gasteiger partial charge in [0, 0.05) is 17.2 Å². The first kappa shape index (κ1) is 20.0. The maximum Gasteiger partial charge on any atom is 0.416 e. The number of nitrogens with zero attached hydrogens (tertiary/aromatic N) is 3. The molecule has 3 nitrogen and oxygen atoms in total. The third kappa shape index (κ3) is 3.07. The van der Waals surface area contributed by atoms with Gasteiger partial charge in [-0.3, -0.25) is 0 Å². The molecular formula is C16H10Br2Cl2F3N3. The lowest BCUT2D eigenvalue weighted by Gasteiger charge is -2.15. The summed E-state index contributed by atoms with van der Waals surface area (Å²) in [6.07, 6.45) is -1.49. The van der Waals surface area contributed by atoms with Gasteiger partial charge in [0.15, 0.2) is 5.69 Å². The van der Waals surface area contributed by atoms with Gasteiger partial charge >= 0.3 is 6.18 Å². The van der Waals surface area contributed by atoms with Crippen LogP contribution in [0.2, 0.25) is 10.0 Å². The van der Waals surface area contributed by atoms with Crippen LogP contribution >= 0.6 is 55.1 Å². The van der Waals surface area contributed by atoms with Crippen LogP contribution in [0.15, 0.2) is 18.3 Å². The van der Waals surface area contributed by atoms with Crippen LogP contribution in [0.1, 0.15) is 36.6 Å². The number of benzene rings is 1. The number of halogens is 7. The predicted molar refractivity (Wildman–Crippen MR) is 100 cm³/mol. The minimum atomic E-state index is -4.56. The Balaban J connectivity index is 2.15. The second-order valence-electron chi connectivity index (χ2n) is 6.05. The third-order valence-electron chi connectivity index (χ3n) is 4.61. The molecule has 0 spiro atoms. The van der Waals surface area contributed by atoms with Crippen LogP contribution in [0.25, 0.3) is 5.69 Å². The van der Waals surface area contributed by atoms with E-state index in [1.165, 1.54) is 4.68 Å². The van der Waals surface area contributed by atoms with Gasteiger partial charge in [0.2, 0.25) is 0 Å². The first-order valence-electron chi connectivity index (χ1n) is 7.41. The van der Waals surface area contributed by atoms with Gasteiger partial charge in [-0.1, -0.05) is 62.0 Å². The van der Waals surface area contributed by atoms with Gasteiger partial charge in [0.25, 0.3) is 0 Å². The molecule has 1 saturated carbocycles. The van der Waals surface area contributed by atoms with Crippen molar-refractivity contribution in [2.24, 2.45) is 0 Å². The topological polar surface area (TPSA) is 41.6 Å². The van der Waals surface area contributed by atoms with E-state index in [4.69, 9.17) is 23.2 Å². The number of nitriles is 1. The molecular weight excluding hydrogens is 522 g/mol. The lowest BCUT2D eigenvalue weighted by molar-refractivity contribution is -0.137. The van der Waals surface area contributed by atoms with E-state index in [0.29, 0.717) is 5.56 Å². The fraction of sp³-hybridized carbons (Fsp3) is 0.375. The molecule has 0 radical (unpaired) electrons. The summed E-state index contributed by atoms with van der Waals surface area (Å²) in [6, 6.07) is 3.63. The first-order chi connectivity index (χ1) is 12.0. The molecule has 1 heterocycles. The Kier molecular flexibility index (Phi) is 4.92. The van der Waals surface area contributed by atoms with Gasteiger partial charge in [-0.05, 0) is 25.0 Å². The molecule has 3 rings (SSSR count). The predicted octanol–water partition coefficient (Wildman–Crippen LogP) is 6.61. The second-order valence-corrected chi connectivity index (χ2v) is 10.6. The molecule has 1 aliphatic carbocycles. The maximum atomic E-state index is 12.9. The van der Waals surface area contributed by atoms with Gasteiger partial charge in [0.05, 0.1) is 18.8 Å². The molecule has 0 amide bonds. The van der Waals surface area contributed by atoms with Crippen molar-refractivity contribution in [2.45, 2.75) is 34.6 Å². The highest BCUT2D eigenvalue weighted by Crippen LogP contribution is 2.69. The van der Waals surface area contributed by atoms with E-state index in [1.807, 2.05) is 13.0 Å². The zero-order valence-electron chi connectivity index (χ0n) is 13.1. The van der Waals surface area contributed by atoms with Crippen molar-refractivity contribution in [1.82, 2.24) is 9.78 Å². The van der Waals surface area contributed by atoms with Gasteiger partial charge in [0.1, 0.15) is 11.8 Å². The van der Waals surface area contributed by atoms with E-state index in [9.17, 15) is 18.4 Å². The Morgan fingerprint density at radius 1 is 1.31 bits per heavy atom. The fourth-order valence-electron chi connectivity index (χ4n) is 3.07. The Bertz CT molecular complexity index is 911. The summed E-state index contributed by atoms with van der Waals surface area (Å²) in [7, 11) is 0. The van der Waals surface area contributed by atoms with E-state index < -0.39 is 11.7 Å². The first-order valence-corrected chi connectivity index (χ1v) is 9.75. The Morgan fingerprint density at radius 3 is 2.23 bits per heavy atom. The zero-order valence-corrected chi connectivity index (χ0v) is 17.8. The van der Waals surface area contributed by atoms with Crippen molar-refractivity contribution >= 4 is 55.1 Å². The highest BCUT2D eigenvalue weighted by molar-refractivity contribution is 9.25. The third-order valence-corrected chi connectivity index (χ3v) is 7.27. The van der Waals surface area contributed by atoms with Crippen molar-refractivity contribution in [3.05, 3.63) is 45.2 Å². The minimum Gasteiger partial charge on any atom is -0.236 e. The molecule has 0 bridgehead atoms. The van der Waals surface area contributed by atoms with Crippen LogP contribution in [0, 0.1) is 11.3 Å². The molecule has 0 aliphatic heterocycles. The van der Waals surface area contributed by atoms with Crippen LogP contribution in [0.3, 0.4) is 0 Å². The summed E-state index contributed by atoms with van der Waals surface area (Å²) in [5, 5.41) is 13.2. The van der Waals surface area contributed by atoms with Gasteiger partial charge in [-0.2, -0.15) is 23.5 Å². The molecule has 1 atom stereocenters. The molecule has 2 aromatic rings. The number of rotatable bonds is 3. The van der Waals surface area contributed by atoms with Crippen LogP contribution in [0.4, 0.5) is 13.2 Å². The van der Waals surface area contributed by atoms with Crippen LogP contribution in [-0.4, -0.2) is 13.0 Å². The van der Waals surface area contributed by atoms with E-state index in [-0.39, 0.29) is 30.1 Å². The number of aromatic nitrogens is 2. The molecule has 10 heteroatoms. The Morgan fingerprint density at radius 2 is 1.85 bits per heavy atom. The number of hydrogen-bond acceptors (Lipinski definition) is 2. The van der Waals surface area contributed by atoms with E-state index in [1.54, 1.807) is 6.20 Å². The van der Waals surface area contributed by atoms with Crippen LogP contribution < -0.4 is 0 Å². The molecule has 1 fully saturated rings. The summed E-state index contributed by atoms with van der Waals surface area (Å²) in [5.74, 6) is 0. The SMILES string of the molecule is CCC1(c2cn(-c3c(Cl)cc(C(F)(F)F)cc3Cl)nc2C#N)CC1(Br)Br. The fourth-order valence-corrected chi connectivity index (χ4v) is 5.68. The van der Waals surface area contributed by atoms with Gasteiger partial charge in [-0.15, -0.1) is 0 Å². The van der Waals surface area contributed by atoms with Crippen LogP contribution in [0.5, 0.6) is 0 Å². The van der Waals surface area contributed by atoms with E-state index in [0.717, 1.165) is 25.0 Å². The number of alkyl halides is 5. The molecule has 0 N–H and O–H groups in total. The number of hydrogen-bond donors (Lipinski definition) is 0. The summed E-state index contributed by atoms with van der Waals surface area (Å²) in [5.41, 5.74) is -0.328. The van der Waals surface area contributed by atoms with Gasteiger partial charge < -0.3 is 0 Å². The largest absolute Gasteiger partial charge is 0.416 e. The molecule has 0 saturated heterocycles. The van der Waals surface area contributed by atoms with Crippen molar-refractivity contribution in [3.63, 3.8) is 0 Å². The Labute approximate surface area is 174 Å². The molecule has 1 aromatic heterocycles. The molecule has 1 aliphatic rings. The monoisotopic (exact) mass is 529 g/mol. The van der Waals surface area contributed by atoms with Crippen molar-refractivity contribution in [3.8, 4) is 11.8 Å². The molecule has 1 unspecified atom stereocenters. The van der Waals surface area contributed by atoms with Gasteiger partial charge in [-0.25, -0.2) is 4.68 Å². The molecule has 1 aromatic carbocycles. The molecule has 26 heavy (non-hydrogen) atoms. The summed E-state index contributed by atoms with van der Waals surface area (Å²) >= 11 is 19.3. The average molecular weight is 532 g/mol. The standard InChI is InChI=1S/C16H10Br2Cl2F3N3/c1-2-14(7-15(14,17)18)9-6-26(25-12(9)5-24)13-10(19)3-8(4-11(13)20)16(21,22)23/h3-4,6H,2,7H2,1H3. The van der Waals surface area contributed by atoms with E-state index in [2.05, 4.69) is 37.0 Å². The Hall–Kier alpha value is -0.750. The van der Waals surface area contributed by atoms with Crippen molar-refractivity contribution < 1.29 is 13.2 Å². The highest BCUT2D eigenvalue weighted by Gasteiger charge is 2.66. The van der Waals surface area contributed by atoms with E-state index >= 15 is 0 Å². The summed E-state index contributed by atoms with van der Waals surface area (Å²) in [6.45, 7) is 1.99. The quantitative estimate of drug-likeness (QED) is 0.418. The molecule has 138 valence electrons. The lowest BCUT2D eigenvalue weighted by Crippen LogP contribution is -2.13. The smallest absolute Gasteiger partial charge is 0.236 e. The zero-order chi connectivity index (χ0) is 19.5. The summed E-state index contributed by atoms with van der Waals surface area (Å²) < 4.78 is 39.6. The summed E-state index contributed by atoms with van der Waals surface area (Å²) in [4.78, 5) is 0. The van der Waals surface area contributed by atoms with Crippen molar-refractivity contribution in [1.29, 1.82) is 5.26 Å².